The second-order valence-electron chi connectivity index (χ2n) is 10.6. The summed E-state index contributed by atoms with van der Waals surface area (Å²) in [6, 6.07) is 21.6. The molecule has 0 aliphatic heterocycles. The molecule has 0 N–H and O–H groups in total. The zero-order valence-corrected chi connectivity index (χ0v) is 20.0. The van der Waals surface area contributed by atoms with E-state index in [1.54, 1.807) is 0 Å². The first-order chi connectivity index (χ1) is 16.2. The van der Waals surface area contributed by atoms with Gasteiger partial charge in [0.05, 0.1) is 5.56 Å². The SMILES string of the molecule is [2H]C1(c2cc[n+](C)c(-c3c(C)ccc4c3oc3cc5ccccc5cc34)c2)CCC(C)(C)CC1. The van der Waals surface area contributed by atoms with Crippen molar-refractivity contribution in [2.45, 2.75) is 52.3 Å². The van der Waals surface area contributed by atoms with E-state index in [4.69, 9.17) is 4.42 Å². The third-order valence-corrected chi connectivity index (χ3v) is 7.74. The normalized spacial score (nSPS) is 18.1. The number of nitrogens with zero attached hydrogens (tertiary/aromatic N) is 1. The Hall–Kier alpha value is -3.13. The molecule has 33 heavy (non-hydrogen) atoms. The van der Waals surface area contributed by atoms with Gasteiger partial charge in [0.25, 0.3) is 0 Å². The number of fused-ring (bicyclic) bond motifs is 4. The number of pyridine rings is 1. The van der Waals surface area contributed by atoms with E-state index < -0.39 is 5.89 Å². The maximum atomic E-state index is 9.32. The third-order valence-electron chi connectivity index (χ3n) is 7.74. The first-order valence-corrected chi connectivity index (χ1v) is 12.1. The number of hydrogen-bond acceptors (Lipinski definition) is 1. The van der Waals surface area contributed by atoms with Crippen LogP contribution in [-0.4, -0.2) is 0 Å². The van der Waals surface area contributed by atoms with Crippen LogP contribution in [-0.2, 0) is 7.05 Å². The Balaban J connectivity index is 1.55. The molecule has 0 spiro atoms. The van der Waals surface area contributed by atoms with Crippen molar-refractivity contribution >= 4 is 32.7 Å². The summed E-state index contributed by atoms with van der Waals surface area (Å²) in [5.41, 5.74) is 6.74. The van der Waals surface area contributed by atoms with Crippen LogP contribution in [0.3, 0.4) is 0 Å². The van der Waals surface area contributed by atoms with Crippen molar-refractivity contribution in [2.75, 3.05) is 0 Å². The van der Waals surface area contributed by atoms with Crippen LogP contribution < -0.4 is 4.57 Å². The lowest BCUT2D eigenvalue weighted by Crippen LogP contribution is -2.31. The zero-order chi connectivity index (χ0) is 23.7. The minimum absolute atomic E-state index is 0.340. The molecule has 1 saturated carbocycles. The highest BCUT2D eigenvalue weighted by Gasteiger charge is 2.29. The molecule has 1 aliphatic carbocycles. The standard InChI is InChI=1S/C31H32NO/c1-20-9-10-25-26-17-22-7-5-6-8-23(22)19-28(26)33-30(25)29(20)27-18-24(13-16-32(27)4)21-11-14-31(2,3)15-12-21/h5-10,13,16-19,21H,11-12,14-15H2,1-4H3/q+1/i21D. The highest BCUT2D eigenvalue weighted by atomic mass is 16.3. The second kappa shape index (κ2) is 7.45. The van der Waals surface area contributed by atoms with Crippen LogP contribution in [0.1, 0.15) is 57.9 Å². The molecule has 2 heterocycles. The van der Waals surface area contributed by atoms with Gasteiger partial charge in [0.15, 0.2) is 6.20 Å². The van der Waals surface area contributed by atoms with Crippen LogP contribution in [0.15, 0.2) is 71.3 Å². The highest BCUT2D eigenvalue weighted by molar-refractivity contribution is 6.13. The molecule has 1 fully saturated rings. The smallest absolute Gasteiger partial charge is 0.216 e. The molecule has 5 aromatic rings. The summed E-state index contributed by atoms with van der Waals surface area (Å²) in [6.07, 6.45) is 6.13. The van der Waals surface area contributed by atoms with Crippen LogP contribution in [0.4, 0.5) is 0 Å². The van der Waals surface area contributed by atoms with Crippen molar-refractivity contribution in [3.63, 3.8) is 0 Å². The van der Waals surface area contributed by atoms with Crippen molar-refractivity contribution in [3.05, 3.63) is 78.0 Å². The van der Waals surface area contributed by atoms with Crippen molar-refractivity contribution in [3.8, 4) is 11.3 Å². The minimum atomic E-state index is -0.522. The fourth-order valence-corrected chi connectivity index (χ4v) is 5.50. The lowest BCUT2D eigenvalue weighted by molar-refractivity contribution is -0.660. The Morgan fingerprint density at radius 2 is 1.67 bits per heavy atom. The summed E-state index contributed by atoms with van der Waals surface area (Å²) >= 11 is 0. The van der Waals surface area contributed by atoms with Gasteiger partial charge >= 0.3 is 0 Å². The Morgan fingerprint density at radius 1 is 0.939 bits per heavy atom. The predicted octanol–water partition coefficient (Wildman–Crippen LogP) is 8.22. The zero-order valence-electron chi connectivity index (χ0n) is 21.0. The molecule has 2 heteroatoms. The molecular formula is C31H32NO+. The van der Waals surface area contributed by atoms with E-state index in [1.807, 2.05) is 0 Å². The van der Waals surface area contributed by atoms with Gasteiger partial charge in [-0.15, -0.1) is 0 Å². The monoisotopic (exact) mass is 435 g/mol. The largest absolute Gasteiger partial charge is 0.455 e. The fourth-order valence-electron chi connectivity index (χ4n) is 5.50. The van der Waals surface area contributed by atoms with E-state index in [1.165, 1.54) is 16.3 Å². The molecule has 0 bridgehead atoms. The number of rotatable bonds is 2. The topological polar surface area (TPSA) is 17.0 Å². The lowest BCUT2D eigenvalue weighted by atomic mass is 9.71. The molecular weight excluding hydrogens is 402 g/mol. The Morgan fingerprint density at radius 3 is 2.42 bits per heavy atom. The molecule has 0 saturated heterocycles. The van der Waals surface area contributed by atoms with E-state index in [0.717, 1.165) is 64.4 Å². The summed E-state index contributed by atoms with van der Waals surface area (Å²) in [6.45, 7) is 6.82. The van der Waals surface area contributed by atoms with Gasteiger partial charge < -0.3 is 4.42 Å². The molecule has 6 rings (SSSR count). The molecule has 2 nitrogen and oxygen atoms in total. The Labute approximate surface area is 197 Å². The van der Waals surface area contributed by atoms with Gasteiger partial charge in [-0.1, -0.05) is 50.2 Å². The average molecular weight is 436 g/mol. The van der Waals surface area contributed by atoms with Gasteiger partial charge in [-0.3, -0.25) is 0 Å². The average Bonchev–Trinajstić information content (AvgIpc) is 3.17. The van der Waals surface area contributed by atoms with Gasteiger partial charge in [-0.05, 0) is 77.9 Å². The van der Waals surface area contributed by atoms with Crippen LogP contribution in [0.2, 0.25) is 0 Å². The third kappa shape index (κ3) is 3.44. The summed E-state index contributed by atoms with van der Waals surface area (Å²) in [5, 5.41) is 4.71. The van der Waals surface area contributed by atoms with E-state index in [-0.39, 0.29) is 0 Å². The second-order valence-corrected chi connectivity index (χ2v) is 10.6. The predicted molar refractivity (Wildman–Crippen MR) is 138 cm³/mol. The van der Waals surface area contributed by atoms with E-state index in [0.29, 0.717) is 5.41 Å². The molecule has 166 valence electrons. The quantitative estimate of drug-likeness (QED) is 0.255. The minimum Gasteiger partial charge on any atom is -0.455 e. The Kier molecular flexibility index (Phi) is 4.37. The van der Waals surface area contributed by atoms with Crippen molar-refractivity contribution < 1.29 is 10.4 Å². The van der Waals surface area contributed by atoms with Gasteiger partial charge in [0.2, 0.25) is 5.69 Å². The molecule has 2 aromatic heterocycles. The van der Waals surface area contributed by atoms with Crippen LogP contribution in [0.25, 0.3) is 44.0 Å². The maximum Gasteiger partial charge on any atom is 0.216 e. The molecule has 0 atom stereocenters. The number of benzene rings is 3. The number of hydrogen-bond donors (Lipinski definition) is 0. The van der Waals surface area contributed by atoms with Gasteiger partial charge in [0.1, 0.15) is 18.2 Å². The van der Waals surface area contributed by atoms with Gasteiger partial charge in [-0.2, -0.15) is 0 Å². The Bertz CT molecular complexity index is 1570. The van der Waals surface area contributed by atoms with Crippen LogP contribution >= 0.6 is 0 Å². The van der Waals surface area contributed by atoms with E-state index in [2.05, 4.69) is 99.2 Å². The summed E-state index contributed by atoms with van der Waals surface area (Å²) in [7, 11) is 2.09. The summed E-state index contributed by atoms with van der Waals surface area (Å²) in [4.78, 5) is 0. The number of aryl methyl sites for hydroxylation is 2. The summed E-state index contributed by atoms with van der Waals surface area (Å²) in [5.74, 6) is -0.522. The summed E-state index contributed by atoms with van der Waals surface area (Å²) < 4.78 is 18.1. The van der Waals surface area contributed by atoms with Gasteiger partial charge in [-0.25, -0.2) is 4.57 Å². The van der Waals surface area contributed by atoms with Crippen molar-refractivity contribution in [1.29, 1.82) is 0 Å². The van der Waals surface area contributed by atoms with Crippen LogP contribution in [0.5, 0.6) is 0 Å². The van der Waals surface area contributed by atoms with Crippen molar-refractivity contribution in [1.82, 2.24) is 0 Å². The van der Waals surface area contributed by atoms with E-state index in [9.17, 15) is 1.37 Å². The molecule has 0 radical (unpaired) electrons. The fraction of sp³-hybridized carbons (Fsp3) is 0.323. The highest BCUT2D eigenvalue weighted by Crippen LogP contribution is 2.43. The maximum absolute atomic E-state index is 9.32. The van der Waals surface area contributed by atoms with E-state index >= 15 is 0 Å². The van der Waals surface area contributed by atoms with Crippen LogP contribution in [0, 0.1) is 12.3 Å². The lowest BCUT2D eigenvalue weighted by Gasteiger charge is -2.34. The molecule has 0 unspecified atom stereocenters. The van der Waals surface area contributed by atoms with Gasteiger partial charge in [0, 0.05) is 24.3 Å². The number of aromatic nitrogens is 1. The first kappa shape index (κ1) is 19.3. The number of furan rings is 1. The molecule has 1 aliphatic rings. The molecule has 0 amide bonds. The molecule has 3 aromatic carbocycles. The van der Waals surface area contributed by atoms with Crippen molar-refractivity contribution in [2.24, 2.45) is 12.5 Å². The first-order valence-electron chi connectivity index (χ1n) is 12.6.